The molecule has 1 aromatic carbocycles. The predicted molar refractivity (Wildman–Crippen MR) is 90.8 cm³/mol. The van der Waals surface area contributed by atoms with Crippen molar-refractivity contribution in [2.45, 2.75) is 19.6 Å². The number of fused-ring (bicyclic) bond motifs is 1. The van der Waals surface area contributed by atoms with Gasteiger partial charge >= 0.3 is 6.18 Å². The number of hydrogen-bond acceptors (Lipinski definition) is 4. The van der Waals surface area contributed by atoms with Crippen LogP contribution in [0, 0.1) is 6.92 Å². The number of aromatic nitrogens is 4. The van der Waals surface area contributed by atoms with Crippen LogP contribution in [-0.2, 0) is 12.7 Å². The Morgan fingerprint density at radius 1 is 1.19 bits per heavy atom. The van der Waals surface area contributed by atoms with Crippen molar-refractivity contribution < 1.29 is 18.0 Å². The Balaban J connectivity index is 1.78. The van der Waals surface area contributed by atoms with Gasteiger partial charge in [0.05, 0.1) is 17.8 Å². The monoisotopic (exact) mass is 373 g/mol. The Labute approximate surface area is 152 Å². The molecule has 1 N–H and O–H groups in total. The predicted octanol–water partition coefficient (Wildman–Crippen LogP) is 3.08. The summed E-state index contributed by atoms with van der Waals surface area (Å²) in [6, 6.07) is 7.14. The van der Waals surface area contributed by atoms with E-state index in [4.69, 9.17) is 0 Å². The van der Waals surface area contributed by atoms with E-state index in [-0.39, 0.29) is 17.3 Å². The molecule has 27 heavy (non-hydrogen) atoms. The highest BCUT2D eigenvalue weighted by atomic mass is 19.4. The van der Waals surface area contributed by atoms with E-state index in [1.807, 2.05) is 0 Å². The first-order valence-corrected chi connectivity index (χ1v) is 8.21. The maximum atomic E-state index is 13.2. The van der Waals surface area contributed by atoms with Crippen molar-refractivity contribution in [1.29, 1.82) is 0 Å². The third-order valence-corrected chi connectivity index (χ3v) is 4.42. The molecule has 0 aliphatic carbocycles. The van der Waals surface area contributed by atoms with Crippen LogP contribution in [0.15, 0.2) is 36.5 Å². The van der Waals surface area contributed by atoms with E-state index in [1.165, 1.54) is 19.2 Å². The van der Waals surface area contributed by atoms with Crippen molar-refractivity contribution in [3.05, 3.63) is 53.3 Å². The first-order chi connectivity index (χ1) is 12.8. The van der Waals surface area contributed by atoms with E-state index in [9.17, 15) is 18.0 Å². The van der Waals surface area contributed by atoms with Crippen LogP contribution in [0.4, 0.5) is 13.2 Å². The number of nitrogens with zero attached hydrogens (tertiary/aromatic N) is 4. The van der Waals surface area contributed by atoms with E-state index < -0.39 is 11.7 Å². The summed E-state index contributed by atoms with van der Waals surface area (Å²) >= 11 is 0. The Morgan fingerprint density at radius 3 is 2.74 bits per heavy atom. The number of halogens is 3. The van der Waals surface area contributed by atoms with Gasteiger partial charge in [0, 0.05) is 18.3 Å². The normalized spacial score (nSPS) is 14.0. The number of alkyl halides is 3. The SMILES string of the molecule is Cc1c(-c2nccc(-c3cc4n(n3)CCNC4=O)n2)cccc1C(F)(F)F. The largest absolute Gasteiger partial charge is 0.416 e. The Kier molecular flexibility index (Phi) is 3.94. The van der Waals surface area contributed by atoms with Gasteiger partial charge in [0.2, 0.25) is 0 Å². The smallest absolute Gasteiger partial charge is 0.349 e. The second-order valence-corrected chi connectivity index (χ2v) is 6.14. The number of amides is 1. The van der Waals surface area contributed by atoms with E-state index in [1.54, 1.807) is 22.9 Å². The Morgan fingerprint density at radius 2 is 2.00 bits per heavy atom. The number of hydrogen-bond donors (Lipinski definition) is 1. The quantitative estimate of drug-likeness (QED) is 0.749. The van der Waals surface area contributed by atoms with Crippen molar-refractivity contribution in [3.63, 3.8) is 0 Å². The molecule has 0 bridgehead atoms. The molecule has 1 amide bonds. The van der Waals surface area contributed by atoms with Crippen LogP contribution in [0.5, 0.6) is 0 Å². The molecule has 0 unspecified atom stereocenters. The minimum absolute atomic E-state index is 0.0608. The third-order valence-electron chi connectivity index (χ3n) is 4.42. The molecule has 4 rings (SSSR count). The lowest BCUT2D eigenvalue weighted by Crippen LogP contribution is -2.35. The van der Waals surface area contributed by atoms with Gasteiger partial charge < -0.3 is 5.32 Å². The standard InChI is InChI=1S/C18H14F3N5O/c1-10-11(3-2-4-12(10)18(19,20)21)16-22-6-5-13(24-16)14-9-15-17(27)23-7-8-26(15)25-14/h2-6,9H,7-8H2,1H3,(H,23,27). The summed E-state index contributed by atoms with van der Waals surface area (Å²) in [7, 11) is 0. The van der Waals surface area contributed by atoms with Gasteiger partial charge in [0.25, 0.3) is 5.91 Å². The number of carbonyl (C=O) groups is 1. The van der Waals surface area contributed by atoms with Crippen molar-refractivity contribution in [3.8, 4) is 22.8 Å². The highest BCUT2D eigenvalue weighted by Gasteiger charge is 2.33. The van der Waals surface area contributed by atoms with E-state index in [0.29, 0.717) is 35.7 Å². The minimum Gasteiger partial charge on any atom is -0.349 e. The lowest BCUT2D eigenvalue weighted by molar-refractivity contribution is -0.138. The number of nitrogens with one attached hydrogen (secondary N) is 1. The lowest BCUT2D eigenvalue weighted by Gasteiger charge is -2.13. The molecule has 6 nitrogen and oxygen atoms in total. The molecule has 0 saturated carbocycles. The summed E-state index contributed by atoms with van der Waals surface area (Å²) in [5, 5.41) is 7.10. The molecule has 0 saturated heterocycles. The Hall–Kier alpha value is -3.23. The van der Waals surface area contributed by atoms with Crippen LogP contribution in [0.2, 0.25) is 0 Å². The molecule has 3 aromatic rings. The van der Waals surface area contributed by atoms with Crippen molar-refractivity contribution >= 4 is 5.91 Å². The van der Waals surface area contributed by atoms with Gasteiger partial charge in [-0.05, 0) is 30.7 Å². The number of rotatable bonds is 2. The second kappa shape index (κ2) is 6.19. The van der Waals surface area contributed by atoms with Crippen molar-refractivity contribution in [1.82, 2.24) is 25.1 Å². The molecule has 2 aromatic heterocycles. The average Bonchev–Trinajstić information content (AvgIpc) is 3.07. The maximum Gasteiger partial charge on any atom is 0.416 e. The molecule has 1 aliphatic rings. The molecular weight excluding hydrogens is 359 g/mol. The molecule has 0 atom stereocenters. The van der Waals surface area contributed by atoms with Gasteiger partial charge in [-0.1, -0.05) is 12.1 Å². The van der Waals surface area contributed by atoms with Gasteiger partial charge in [0.15, 0.2) is 5.82 Å². The summed E-state index contributed by atoms with van der Waals surface area (Å²) in [4.78, 5) is 20.4. The fraction of sp³-hybridized carbons (Fsp3) is 0.222. The Bertz CT molecular complexity index is 1040. The van der Waals surface area contributed by atoms with Crippen LogP contribution in [-0.4, -0.2) is 32.2 Å². The van der Waals surface area contributed by atoms with Gasteiger partial charge in [-0.25, -0.2) is 9.97 Å². The fourth-order valence-electron chi connectivity index (χ4n) is 3.08. The van der Waals surface area contributed by atoms with Gasteiger partial charge in [-0.2, -0.15) is 18.3 Å². The van der Waals surface area contributed by atoms with E-state index in [2.05, 4.69) is 20.4 Å². The fourth-order valence-corrected chi connectivity index (χ4v) is 3.08. The van der Waals surface area contributed by atoms with Crippen molar-refractivity contribution in [2.24, 2.45) is 0 Å². The number of benzene rings is 1. The average molecular weight is 373 g/mol. The van der Waals surface area contributed by atoms with Crippen LogP contribution in [0.3, 0.4) is 0 Å². The van der Waals surface area contributed by atoms with Gasteiger partial charge in [-0.3, -0.25) is 9.48 Å². The van der Waals surface area contributed by atoms with Crippen LogP contribution in [0.25, 0.3) is 22.8 Å². The van der Waals surface area contributed by atoms with Gasteiger partial charge in [-0.15, -0.1) is 0 Å². The zero-order chi connectivity index (χ0) is 19.2. The highest BCUT2D eigenvalue weighted by Crippen LogP contribution is 2.35. The lowest BCUT2D eigenvalue weighted by atomic mass is 10.0. The first-order valence-electron chi connectivity index (χ1n) is 8.21. The molecule has 3 heterocycles. The third kappa shape index (κ3) is 3.05. The molecule has 1 aliphatic heterocycles. The zero-order valence-corrected chi connectivity index (χ0v) is 14.2. The van der Waals surface area contributed by atoms with E-state index in [0.717, 1.165) is 6.07 Å². The molecule has 0 fully saturated rings. The second-order valence-electron chi connectivity index (χ2n) is 6.14. The zero-order valence-electron chi connectivity index (χ0n) is 14.2. The molecular formula is C18H14F3N5O. The minimum atomic E-state index is -4.45. The van der Waals surface area contributed by atoms with Gasteiger partial charge in [0.1, 0.15) is 11.4 Å². The maximum absolute atomic E-state index is 13.2. The topological polar surface area (TPSA) is 72.7 Å². The molecule has 0 spiro atoms. The summed E-state index contributed by atoms with van der Waals surface area (Å²) in [6.07, 6.45) is -2.98. The summed E-state index contributed by atoms with van der Waals surface area (Å²) < 4.78 is 41.1. The van der Waals surface area contributed by atoms with E-state index >= 15 is 0 Å². The summed E-state index contributed by atoms with van der Waals surface area (Å²) in [5.74, 6) is -0.0467. The molecule has 9 heteroatoms. The van der Waals surface area contributed by atoms with Crippen LogP contribution < -0.4 is 5.32 Å². The number of carbonyl (C=O) groups excluding carboxylic acids is 1. The first kappa shape index (κ1) is 17.2. The van der Waals surface area contributed by atoms with Crippen molar-refractivity contribution in [2.75, 3.05) is 6.54 Å². The molecule has 138 valence electrons. The van der Waals surface area contributed by atoms with Crippen LogP contribution in [0.1, 0.15) is 21.6 Å². The highest BCUT2D eigenvalue weighted by molar-refractivity contribution is 5.94. The summed E-state index contributed by atoms with van der Waals surface area (Å²) in [5.41, 5.74) is 0.968. The molecule has 0 radical (unpaired) electrons. The van der Waals surface area contributed by atoms with Crippen LogP contribution >= 0.6 is 0 Å². The summed E-state index contributed by atoms with van der Waals surface area (Å²) in [6.45, 7) is 2.44.